The Hall–Kier alpha value is -1.26. The summed E-state index contributed by atoms with van der Waals surface area (Å²) in [6, 6.07) is 1.97. The number of methoxy groups -OCH3 is 2. The van der Waals surface area contributed by atoms with Crippen molar-refractivity contribution in [3.05, 3.63) is 22.8 Å². The molecule has 0 spiro atoms. The molecule has 4 nitrogen and oxygen atoms in total. The molecule has 0 atom stereocenters. The summed E-state index contributed by atoms with van der Waals surface area (Å²) >= 11 is 0. The largest absolute Gasteiger partial charge is 0.496 e. The predicted molar refractivity (Wildman–Crippen MR) is 65.2 cm³/mol. The molecular weight excluding hydrogens is 218 g/mol. The van der Waals surface area contributed by atoms with Crippen LogP contribution in [-0.2, 0) is 24.3 Å². The molecule has 0 fully saturated rings. The van der Waals surface area contributed by atoms with E-state index in [0.717, 1.165) is 29.9 Å². The third-order valence-electron chi connectivity index (χ3n) is 3.30. The smallest absolute Gasteiger partial charge is 0.128 e. The fraction of sp³-hybridized carbons (Fsp3) is 0.538. The second kappa shape index (κ2) is 5.38. The van der Waals surface area contributed by atoms with Gasteiger partial charge in [-0.3, -0.25) is 4.84 Å². The van der Waals surface area contributed by atoms with Crippen LogP contribution >= 0.6 is 0 Å². The van der Waals surface area contributed by atoms with Crippen molar-refractivity contribution in [3.8, 4) is 11.5 Å². The van der Waals surface area contributed by atoms with Gasteiger partial charge < -0.3 is 9.47 Å². The topological polar surface area (TPSA) is 53.7 Å². The lowest BCUT2D eigenvalue weighted by Crippen LogP contribution is -2.10. The van der Waals surface area contributed by atoms with E-state index in [4.69, 9.17) is 20.2 Å². The Kier molecular flexibility index (Phi) is 3.86. The Morgan fingerprint density at radius 1 is 1.12 bits per heavy atom. The van der Waals surface area contributed by atoms with Crippen LogP contribution in [0, 0.1) is 0 Å². The predicted octanol–water partition coefficient (Wildman–Crippen LogP) is 1.97. The summed E-state index contributed by atoms with van der Waals surface area (Å²) in [6.45, 7) is 0.340. The first-order chi connectivity index (χ1) is 8.31. The number of rotatable bonds is 4. The molecule has 94 valence electrons. The van der Waals surface area contributed by atoms with E-state index < -0.39 is 0 Å². The first-order valence-electron chi connectivity index (χ1n) is 5.89. The lowest BCUT2D eigenvalue weighted by Gasteiger charge is -2.23. The number of ether oxygens (including phenoxy) is 2. The molecule has 0 heterocycles. The van der Waals surface area contributed by atoms with Gasteiger partial charge in [-0.05, 0) is 31.7 Å². The highest BCUT2D eigenvalue weighted by atomic mass is 16.6. The van der Waals surface area contributed by atoms with Gasteiger partial charge in [-0.15, -0.1) is 0 Å². The summed E-state index contributed by atoms with van der Waals surface area (Å²) in [5, 5.41) is 0. The molecule has 1 aliphatic carbocycles. The van der Waals surface area contributed by atoms with Gasteiger partial charge in [0.25, 0.3) is 0 Å². The van der Waals surface area contributed by atoms with Crippen molar-refractivity contribution in [2.45, 2.75) is 32.3 Å². The summed E-state index contributed by atoms with van der Waals surface area (Å²) < 4.78 is 11.0. The summed E-state index contributed by atoms with van der Waals surface area (Å²) in [4.78, 5) is 4.73. The van der Waals surface area contributed by atoms with Gasteiger partial charge in [0.2, 0.25) is 0 Å². The molecule has 2 N–H and O–H groups in total. The van der Waals surface area contributed by atoms with Gasteiger partial charge in [-0.25, -0.2) is 5.90 Å². The Bertz CT molecular complexity index is 404. The molecular formula is C13H19NO3. The van der Waals surface area contributed by atoms with Crippen LogP contribution in [0.4, 0.5) is 0 Å². The van der Waals surface area contributed by atoms with Crippen molar-refractivity contribution < 1.29 is 14.3 Å². The highest BCUT2D eigenvalue weighted by Crippen LogP contribution is 2.39. The van der Waals surface area contributed by atoms with Crippen molar-refractivity contribution in [1.29, 1.82) is 0 Å². The maximum absolute atomic E-state index is 5.50. The number of hydrogen-bond acceptors (Lipinski definition) is 4. The van der Waals surface area contributed by atoms with Gasteiger partial charge >= 0.3 is 0 Å². The Morgan fingerprint density at radius 3 is 2.41 bits per heavy atom. The van der Waals surface area contributed by atoms with Crippen molar-refractivity contribution >= 4 is 0 Å². The van der Waals surface area contributed by atoms with Crippen molar-refractivity contribution in [3.63, 3.8) is 0 Å². The molecule has 2 rings (SSSR count). The maximum atomic E-state index is 5.50. The number of fused-ring (bicyclic) bond motifs is 1. The van der Waals surface area contributed by atoms with E-state index >= 15 is 0 Å². The van der Waals surface area contributed by atoms with E-state index in [1.807, 2.05) is 6.07 Å². The quantitative estimate of drug-likeness (QED) is 0.813. The van der Waals surface area contributed by atoms with Gasteiger partial charge in [0.1, 0.15) is 11.5 Å². The normalized spacial score (nSPS) is 14.3. The number of nitrogens with two attached hydrogens (primary N) is 1. The van der Waals surface area contributed by atoms with E-state index in [0.29, 0.717) is 6.61 Å². The summed E-state index contributed by atoms with van der Waals surface area (Å²) in [7, 11) is 3.39. The third-order valence-corrected chi connectivity index (χ3v) is 3.30. The lowest BCUT2D eigenvalue weighted by molar-refractivity contribution is 0.121. The minimum Gasteiger partial charge on any atom is -0.496 e. The Labute approximate surface area is 102 Å². The zero-order chi connectivity index (χ0) is 12.3. The van der Waals surface area contributed by atoms with Crippen molar-refractivity contribution in [2.75, 3.05) is 14.2 Å². The monoisotopic (exact) mass is 237 g/mol. The molecule has 0 saturated carbocycles. The van der Waals surface area contributed by atoms with Gasteiger partial charge in [0.05, 0.1) is 20.8 Å². The van der Waals surface area contributed by atoms with Crippen LogP contribution in [0.2, 0.25) is 0 Å². The van der Waals surface area contributed by atoms with Crippen LogP contribution < -0.4 is 15.4 Å². The molecule has 0 bridgehead atoms. The minimum atomic E-state index is 0.340. The van der Waals surface area contributed by atoms with Crippen LogP contribution in [0.1, 0.15) is 29.5 Å². The summed E-state index contributed by atoms with van der Waals surface area (Å²) in [6.07, 6.45) is 4.49. The highest BCUT2D eigenvalue weighted by Gasteiger charge is 2.21. The van der Waals surface area contributed by atoms with Crippen LogP contribution in [0.5, 0.6) is 11.5 Å². The van der Waals surface area contributed by atoms with Gasteiger partial charge in [-0.2, -0.15) is 0 Å². The second-order valence-corrected chi connectivity index (χ2v) is 4.25. The molecule has 0 radical (unpaired) electrons. The summed E-state index contributed by atoms with van der Waals surface area (Å²) in [5.41, 5.74) is 3.48. The average Bonchev–Trinajstić information content (AvgIpc) is 2.38. The molecule has 0 unspecified atom stereocenters. The molecule has 0 aromatic heterocycles. The molecule has 1 aromatic rings. The maximum Gasteiger partial charge on any atom is 0.128 e. The standard InChI is InChI=1S/C13H19NO3/c1-15-12-7-9(8-17-14)13(16-2)11-6-4-3-5-10(11)12/h7H,3-6,8,14H2,1-2H3. The molecule has 1 aromatic carbocycles. The summed E-state index contributed by atoms with van der Waals surface area (Å²) in [5.74, 6) is 6.99. The van der Waals surface area contributed by atoms with Crippen LogP contribution in [0.25, 0.3) is 0 Å². The molecule has 17 heavy (non-hydrogen) atoms. The Morgan fingerprint density at radius 2 is 1.82 bits per heavy atom. The van der Waals surface area contributed by atoms with E-state index in [2.05, 4.69) is 0 Å². The van der Waals surface area contributed by atoms with Gasteiger partial charge in [0, 0.05) is 16.7 Å². The van der Waals surface area contributed by atoms with E-state index in [9.17, 15) is 0 Å². The fourth-order valence-corrected chi connectivity index (χ4v) is 2.57. The lowest BCUT2D eigenvalue weighted by atomic mass is 9.88. The third kappa shape index (κ3) is 2.23. The van der Waals surface area contributed by atoms with Crippen molar-refractivity contribution in [2.24, 2.45) is 5.90 Å². The van der Waals surface area contributed by atoms with Crippen molar-refractivity contribution in [1.82, 2.24) is 0 Å². The van der Waals surface area contributed by atoms with E-state index in [1.54, 1.807) is 14.2 Å². The first kappa shape index (κ1) is 12.2. The molecule has 0 aliphatic heterocycles. The van der Waals surface area contributed by atoms with E-state index in [1.165, 1.54) is 24.0 Å². The number of hydrogen-bond donors (Lipinski definition) is 1. The SMILES string of the molecule is COc1cc(CON)c(OC)c2c1CCCC2. The number of benzene rings is 1. The van der Waals surface area contributed by atoms with Gasteiger partial charge in [-0.1, -0.05) is 0 Å². The van der Waals surface area contributed by atoms with Crippen LogP contribution in [0.15, 0.2) is 6.07 Å². The highest BCUT2D eigenvalue weighted by molar-refractivity contribution is 5.54. The van der Waals surface area contributed by atoms with Crippen LogP contribution in [-0.4, -0.2) is 14.2 Å². The minimum absolute atomic E-state index is 0.340. The zero-order valence-corrected chi connectivity index (χ0v) is 10.4. The molecule has 4 heteroatoms. The van der Waals surface area contributed by atoms with E-state index in [-0.39, 0.29) is 0 Å². The average molecular weight is 237 g/mol. The molecule has 1 aliphatic rings. The zero-order valence-electron chi connectivity index (χ0n) is 10.4. The molecule has 0 amide bonds. The first-order valence-corrected chi connectivity index (χ1v) is 5.89. The van der Waals surface area contributed by atoms with Crippen LogP contribution in [0.3, 0.4) is 0 Å². The fourth-order valence-electron chi connectivity index (χ4n) is 2.57. The second-order valence-electron chi connectivity index (χ2n) is 4.25. The van der Waals surface area contributed by atoms with Gasteiger partial charge in [0.15, 0.2) is 0 Å². The Balaban J connectivity index is 2.54. The molecule has 0 saturated heterocycles.